The zero-order valence-corrected chi connectivity index (χ0v) is 17.6. The first-order chi connectivity index (χ1) is 15.1. The van der Waals surface area contributed by atoms with Gasteiger partial charge in [0.25, 0.3) is 0 Å². The molecular formula is C24H27N5O2. The third-order valence-corrected chi connectivity index (χ3v) is 5.49. The highest BCUT2D eigenvalue weighted by Gasteiger charge is 2.29. The van der Waals surface area contributed by atoms with Crippen LogP contribution in [0.2, 0.25) is 0 Å². The molecule has 7 nitrogen and oxygen atoms in total. The summed E-state index contributed by atoms with van der Waals surface area (Å²) in [6.07, 6.45) is 3.23. The lowest BCUT2D eigenvalue weighted by Crippen LogP contribution is -2.45. The SMILES string of the molecule is Cc1cccc(NC(=O)N2CCCC(C(=O)Nc3ccnn3Cc3ccccc3)C2)c1. The molecule has 1 aromatic heterocycles. The van der Waals surface area contributed by atoms with Crippen LogP contribution in [0.3, 0.4) is 0 Å². The van der Waals surface area contributed by atoms with Gasteiger partial charge >= 0.3 is 6.03 Å². The second kappa shape index (κ2) is 9.47. The molecule has 1 fully saturated rings. The Bertz CT molecular complexity index is 1050. The Kier molecular flexibility index (Phi) is 6.31. The van der Waals surface area contributed by atoms with Crippen LogP contribution in [0.25, 0.3) is 0 Å². The molecule has 2 N–H and O–H groups in total. The van der Waals surface area contributed by atoms with Crippen molar-refractivity contribution in [3.05, 3.63) is 78.0 Å². The molecule has 0 aliphatic carbocycles. The van der Waals surface area contributed by atoms with Crippen LogP contribution in [0.1, 0.15) is 24.0 Å². The molecule has 0 radical (unpaired) electrons. The number of rotatable bonds is 5. The molecule has 3 aromatic rings. The van der Waals surface area contributed by atoms with Crippen LogP contribution in [0.4, 0.5) is 16.3 Å². The first-order valence-electron chi connectivity index (χ1n) is 10.6. The van der Waals surface area contributed by atoms with Gasteiger partial charge in [-0.3, -0.25) is 4.79 Å². The van der Waals surface area contributed by atoms with Crippen molar-refractivity contribution in [1.82, 2.24) is 14.7 Å². The number of piperidine rings is 1. The number of hydrogen-bond acceptors (Lipinski definition) is 3. The van der Waals surface area contributed by atoms with E-state index in [0.29, 0.717) is 25.5 Å². The van der Waals surface area contributed by atoms with E-state index in [4.69, 9.17) is 0 Å². The molecule has 1 atom stereocenters. The zero-order valence-electron chi connectivity index (χ0n) is 17.6. The van der Waals surface area contributed by atoms with Crippen molar-refractivity contribution in [2.75, 3.05) is 23.7 Å². The lowest BCUT2D eigenvalue weighted by molar-refractivity contribution is -0.121. The van der Waals surface area contributed by atoms with E-state index in [1.165, 1.54) is 0 Å². The Balaban J connectivity index is 1.36. The van der Waals surface area contributed by atoms with Gasteiger partial charge in [0.1, 0.15) is 5.82 Å². The molecule has 4 rings (SSSR count). The Labute approximate surface area is 182 Å². The van der Waals surface area contributed by atoms with Crippen molar-refractivity contribution in [2.24, 2.45) is 5.92 Å². The highest BCUT2D eigenvalue weighted by Crippen LogP contribution is 2.20. The van der Waals surface area contributed by atoms with E-state index in [1.54, 1.807) is 21.8 Å². The molecule has 3 amide bonds. The van der Waals surface area contributed by atoms with Crippen molar-refractivity contribution in [3.63, 3.8) is 0 Å². The second-order valence-electron chi connectivity index (χ2n) is 7.93. The van der Waals surface area contributed by atoms with Gasteiger partial charge in [-0.05, 0) is 43.0 Å². The second-order valence-corrected chi connectivity index (χ2v) is 7.93. The van der Waals surface area contributed by atoms with Gasteiger partial charge in [-0.25, -0.2) is 9.48 Å². The van der Waals surface area contributed by atoms with Gasteiger partial charge in [0.15, 0.2) is 0 Å². The van der Waals surface area contributed by atoms with Crippen LogP contribution in [0, 0.1) is 12.8 Å². The van der Waals surface area contributed by atoms with Gasteiger partial charge in [0.05, 0.1) is 18.7 Å². The molecule has 1 aliphatic rings. The maximum atomic E-state index is 12.9. The lowest BCUT2D eigenvalue weighted by atomic mass is 9.97. The average Bonchev–Trinajstić information content (AvgIpc) is 3.21. The zero-order chi connectivity index (χ0) is 21.6. The van der Waals surface area contributed by atoms with Gasteiger partial charge in [-0.15, -0.1) is 0 Å². The fourth-order valence-corrected chi connectivity index (χ4v) is 3.85. The molecule has 160 valence electrons. The Hall–Kier alpha value is -3.61. The summed E-state index contributed by atoms with van der Waals surface area (Å²) in [4.78, 5) is 27.3. The van der Waals surface area contributed by atoms with Crippen molar-refractivity contribution in [3.8, 4) is 0 Å². The van der Waals surface area contributed by atoms with Gasteiger partial charge in [0, 0.05) is 24.8 Å². The number of aryl methyl sites for hydroxylation is 1. The number of nitrogens with one attached hydrogen (secondary N) is 2. The molecule has 1 saturated heterocycles. The number of benzene rings is 2. The monoisotopic (exact) mass is 417 g/mol. The van der Waals surface area contributed by atoms with Crippen LogP contribution >= 0.6 is 0 Å². The summed E-state index contributed by atoms with van der Waals surface area (Å²) < 4.78 is 1.78. The van der Waals surface area contributed by atoms with Crippen LogP contribution < -0.4 is 10.6 Å². The Morgan fingerprint density at radius 2 is 1.90 bits per heavy atom. The number of nitrogens with zero attached hydrogens (tertiary/aromatic N) is 3. The fraction of sp³-hybridized carbons (Fsp3) is 0.292. The van der Waals surface area contributed by atoms with E-state index in [2.05, 4.69) is 15.7 Å². The number of likely N-dealkylation sites (tertiary alicyclic amines) is 1. The van der Waals surface area contributed by atoms with Crippen molar-refractivity contribution in [2.45, 2.75) is 26.3 Å². The van der Waals surface area contributed by atoms with E-state index in [0.717, 1.165) is 29.7 Å². The smallest absolute Gasteiger partial charge is 0.321 e. The topological polar surface area (TPSA) is 79.3 Å². The summed E-state index contributed by atoms with van der Waals surface area (Å²) in [6.45, 7) is 3.61. The predicted molar refractivity (Wildman–Crippen MR) is 121 cm³/mol. The quantitative estimate of drug-likeness (QED) is 0.655. The summed E-state index contributed by atoms with van der Waals surface area (Å²) in [7, 11) is 0. The van der Waals surface area contributed by atoms with Crippen molar-refractivity contribution < 1.29 is 9.59 Å². The van der Waals surface area contributed by atoms with Crippen LogP contribution in [-0.4, -0.2) is 39.7 Å². The molecule has 0 saturated carbocycles. The largest absolute Gasteiger partial charge is 0.324 e. The van der Waals surface area contributed by atoms with E-state index in [1.807, 2.05) is 61.5 Å². The first-order valence-corrected chi connectivity index (χ1v) is 10.6. The summed E-state index contributed by atoms with van der Waals surface area (Å²) >= 11 is 0. The Morgan fingerprint density at radius 3 is 2.71 bits per heavy atom. The third-order valence-electron chi connectivity index (χ3n) is 5.49. The summed E-state index contributed by atoms with van der Waals surface area (Å²) in [5, 5.41) is 10.3. The van der Waals surface area contributed by atoms with Gasteiger partial charge in [0.2, 0.25) is 5.91 Å². The molecule has 7 heteroatoms. The standard InChI is InChI=1S/C24H27N5O2/c1-18-7-5-11-21(15-18)26-24(31)28-14-6-10-20(17-28)23(30)27-22-12-13-25-29(22)16-19-8-3-2-4-9-19/h2-5,7-9,11-13,15,20H,6,10,14,16-17H2,1H3,(H,26,31)(H,27,30). The molecule has 2 aromatic carbocycles. The number of carbonyl (C=O) groups is 2. The molecule has 0 spiro atoms. The van der Waals surface area contributed by atoms with E-state index in [-0.39, 0.29) is 17.9 Å². The van der Waals surface area contributed by atoms with E-state index < -0.39 is 0 Å². The molecule has 31 heavy (non-hydrogen) atoms. The average molecular weight is 418 g/mol. The number of carbonyl (C=O) groups excluding carboxylic acids is 2. The number of hydrogen-bond donors (Lipinski definition) is 2. The predicted octanol–water partition coefficient (Wildman–Crippen LogP) is 4.12. The highest BCUT2D eigenvalue weighted by atomic mass is 16.2. The maximum absolute atomic E-state index is 12.9. The number of anilines is 2. The maximum Gasteiger partial charge on any atom is 0.321 e. The van der Waals surface area contributed by atoms with Gasteiger partial charge < -0.3 is 15.5 Å². The molecule has 1 unspecified atom stereocenters. The number of urea groups is 1. The van der Waals surface area contributed by atoms with E-state index >= 15 is 0 Å². The minimum Gasteiger partial charge on any atom is -0.324 e. The third kappa shape index (κ3) is 5.31. The lowest BCUT2D eigenvalue weighted by Gasteiger charge is -2.32. The minimum absolute atomic E-state index is 0.0807. The molecule has 0 bridgehead atoms. The van der Waals surface area contributed by atoms with Crippen molar-refractivity contribution in [1.29, 1.82) is 0 Å². The van der Waals surface area contributed by atoms with Crippen LogP contribution in [-0.2, 0) is 11.3 Å². The fourth-order valence-electron chi connectivity index (χ4n) is 3.85. The summed E-state index contributed by atoms with van der Waals surface area (Å²) in [6, 6.07) is 19.3. The van der Waals surface area contributed by atoms with E-state index in [9.17, 15) is 9.59 Å². The van der Waals surface area contributed by atoms with Crippen molar-refractivity contribution >= 4 is 23.4 Å². The molecule has 2 heterocycles. The summed E-state index contributed by atoms with van der Waals surface area (Å²) in [5.41, 5.74) is 2.96. The number of aromatic nitrogens is 2. The van der Waals surface area contributed by atoms with Crippen LogP contribution in [0.5, 0.6) is 0 Å². The summed E-state index contributed by atoms with van der Waals surface area (Å²) in [5.74, 6) is 0.329. The van der Waals surface area contributed by atoms with Gasteiger partial charge in [-0.2, -0.15) is 5.10 Å². The minimum atomic E-state index is -0.253. The highest BCUT2D eigenvalue weighted by molar-refractivity contribution is 5.93. The normalized spacial score (nSPS) is 16.0. The number of amides is 3. The first kappa shape index (κ1) is 20.7. The van der Waals surface area contributed by atoms with Gasteiger partial charge in [-0.1, -0.05) is 42.5 Å². The molecular weight excluding hydrogens is 390 g/mol. The molecule has 1 aliphatic heterocycles. The van der Waals surface area contributed by atoms with Crippen LogP contribution in [0.15, 0.2) is 66.9 Å². The Morgan fingerprint density at radius 1 is 1.06 bits per heavy atom.